The molecule has 28 heavy (non-hydrogen) atoms. The Labute approximate surface area is 175 Å². The molecule has 10 heteroatoms. The fourth-order valence-electron chi connectivity index (χ4n) is 2.95. The predicted octanol–water partition coefficient (Wildman–Crippen LogP) is 2.78. The van der Waals surface area contributed by atoms with E-state index in [-0.39, 0.29) is 24.9 Å². The SMILES string of the molecule is CCS(=O)(=O)N1CCC(C(=O)OCC(=O)NC(C)c2ccc(Cl)c(Cl)c2)CC1. The molecule has 1 saturated heterocycles. The van der Waals surface area contributed by atoms with E-state index in [0.717, 1.165) is 5.56 Å². The second-order valence-electron chi connectivity index (χ2n) is 6.64. The van der Waals surface area contributed by atoms with E-state index in [2.05, 4.69) is 5.32 Å². The molecule has 1 aromatic carbocycles. The van der Waals surface area contributed by atoms with Gasteiger partial charge < -0.3 is 10.1 Å². The summed E-state index contributed by atoms with van der Waals surface area (Å²) in [5.74, 6) is -1.27. The Hall–Kier alpha value is -1.35. The molecule has 0 radical (unpaired) electrons. The van der Waals surface area contributed by atoms with Gasteiger partial charge in [-0.2, -0.15) is 0 Å². The molecule has 1 aliphatic rings. The highest BCUT2D eigenvalue weighted by atomic mass is 35.5. The van der Waals surface area contributed by atoms with E-state index in [1.807, 2.05) is 0 Å². The Balaban J connectivity index is 1.78. The van der Waals surface area contributed by atoms with Crippen LogP contribution in [0, 0.1) is 5.92 Å². The van der Waals surface area contributed by atoms with Crippen molar-refractivity contribution in [3.05, 3.63) is 33.8 Å². The molecule has 7 nitrogen and oxygen atoms in total. The highest BCUT2D eigenvalue weighted by Gasteiger charge is 2.31. The van der Waals surface area contributed by atoms with Gasteiger partial charge in [-0.15, -0.1) is 0 Å². The van der Waals surface area contributed by atoms with Gasteiger partial charge >= 0.3 is 5.97 Å². The van der Waals surface area contributed by atoms with Crippen molar-refractivity contribution in [1.29, 1.82) is 0 Å². The third-order valence-corrected chi connectivity index (χ3v) is 7.33. The van der Waals surface area contributed by atoms with Crippen molar-refractivity contribution in [2.24, 2.45) is 5.92 Å². The molecule has 0 aliphatic carbocycles. The molecule has 0 aromatic heterocycles. The van der Waals surface area contributed by atoms with Crippen molar-refractivity contribution in [2.75, 3.05) is 25.4 Å². The first-order valence-electron chi connectivity index (χ1n) is 9.02. The van der Waals surface area contributed by atoms with Gasteiger partial charge in [0.2, 0.25) is 10.0 Å². The number of halogens is 2. The maximum atomic E-state index is 12.2. The zero-order valence-electron chi connectivity index (χ0n) is 15.8. The molecule has 0 spiro atoms. The van der Waals surface area contributed by atoms with Gasteiger partial charge in [0.05, 0.1) is 27.8 Å². The molecule has 1 aliphatic heterocycles. The molecule has 156 valence electrons. The molecular formula is C18H24Cl2N2O5S. The van der Waals surface area contributed by atoms with Crippen LogP contribution in [0.1, 0.15) is 38.3 Å². The van der Waals surface area contributed by atoms with Crippen molar-refractivity contribution in [1.82, 2.24) is 9.62 Å². The molecule has 1 atom stereocenters. The Bertz CT molecular complexity index is 823. The van der Waals surface area contributed by atoms with Crippen LogP contribution in [-0.4, -0.2) is 50.0 Å². The van der Waals surface area contributed by atoms with Crippen molar-refractivity contribution >= 4 is 45.1 Å². The molecule has 1 amide bonds. The second kappa shape index (κ2) is 9.91. The average molecular weight is 451 g/mol. The van der Waals surface area contributed by atoms with Crippen LogP contribution in [0.2, 0.25) is 10.0 Å². The van der Waals surface area contributed by atoms with Crippen LogP contribution < -0.4 is 5.32 Å². The van der Waals surface area contributed by atoms with Gasteiger partial charge in [0.15, 0.2) is 6.61 Å². The first-order chi connectivity index (χ1) is 13.1. The van der Waals surface area contributed by atoms with Crippen LogP contribution in [-0.2, 0) is 24.3 Å². The third kappa shape index (κ3) is 6.07. The predicted molar refractivity (Wildman–Crippen MR) is 108 cm³/mol. The zero-order chi connectivity index (χ0) is 20.9. The number of hydrogen-bond donors (Lipinski definition) is 1. The van der Waals surface area contributed by atoms with Crippen molar-refractivity contribution in [3.8, 4) is 0 Å². The first-order valence-corrected chi connectivity index (χ1v) is 11.4. The monoisotopic (exact) mass is 450 g/mol. The number of esters is 1. The normalized spacial score (nSPS) is 17.1. The lowest BCUT2D eigenvalue weighted by molar-refractivity contribution is -0.153. The summed E-state index contributed by atoms with van der Waals surface area (Å²) >= 11 is 11.9. The number of carbonyl (C=O) groups excluding carboxylic acids is 2. The first kappa shape index (κ1) is 22.9. The number of benzene rings is 1. The maximum Gasteiger partial charge on any atom is 0.309 e. The number of hydrogen-bond acceptors (Lipinski definition) is 5. The van der Waals surface area contributed by atoms with Gasteiger partial charge in [0, 0.05) is 13.1 Å². The lowest BCUT2D eigenvalue weighted by atomic mass is 9.98. The summed E-state index contributed by atoms with van der Waals surface area (Å²) in [5.41, 5.74) is 0.776. The number of nitrogens with one attached hydrogen (secondary N) is 1. The van der Waals surface area contributed by atoms with Gasteiger partial charge in [-0.05, 0) is 44.4 Å². The Kier molecular flexibility index (Phi) is 8.12. The van der Waals surface area contributed by atoms with E-state index in [1.165, 1.54) is 4.31 Å². The minimum Gasteiger partial charge on any atom is -0.455 e. The number of carbonyl (C=O) groups is 2. The third-order valence-electron chi connectivity index (χ3n) is 4.71. The summed E-state index contributed by atoms with van der Waals surface area (Å²) in [6, 6.07) is 4.73. The topological polar surface area (TPSA) is 92.8 Å². The van der Waals surface area contributed by atoms with Gasteiger partial charge in [0.25, 0.3) is 5.91 Å². The molecule has 1 aromatic rings. The highest BCUT2D eigenvalue weighted by molar-refractivity contribution is 7.89. The highest BCUT2D eigenvalue weighted by Crippen LogP contribution is 2.25. The van der Waals surface area contributed by atoms with E-state index in [0.29, 0.717) is 22.9 Å². The summed E-state index contributed by atoms with van der Waals surface area (Å²) in [6.07, 6.45) is 0.777. The number of ether oxygens (including phenoxy) is 1. The number of amides is 1. The Morgan fingerprint density at radius 1 is 1.25 bits per heavy atom. The number of nitrogens with zero attached hydrogens (tertiary/aromatic N) is 1. The largest absolute Gasteiger partial charge is 0.455 e. The fraction of sp³-hybridized carbons (Fsp3) is 0.556. The molecule has 1 N–H and O–H groups in total. The second-order valence-corrected chi connectivity index (χ2v) is 9.72. The summed E-state index contributed by atoms with van der Waals surface area (Å²) in [5, 5.41) is 3.55. The zero-order valence-corrected chi connectivity index (χ0v) is 18.1. The van der Waals surface area contributed by atoms with Crippen LogP contribution in [0.3, 0.4) is 0 Å². The minimum absolute atomic E-state index is 0.0410. The average Bonchev–Trinajstić information content (AvgIpc) is 2.68. The van der Waals surface area contributed by atoms with E-state index in [4.69, 9.17) is 27.9 Å². The van der Waals surface area contributed by atoms with Crippen molar-refractivity contribution in [2.45, 2.75) is 32.7 Å². The van der Waals surface area contributed by atoms with E-state index >= 15 is 0 Å². The molecule has 1 fully saturated rings. The van der Waals surface area contributed by atoms with Gasteiger partial charge in [-0.25, -0.2) is 12.7 Å². The summed E-state index contributed by atoms with van der Waals surface area (Å²) in [6.45, 7) is 3.56. The molecule has 0 bridgehead atoms. The Morgan fingerprint density at radius 3 is 2.46 bits per heavy atom. The maximum absolute atomic E-state index is 12.2. The molecule has 0 saturated carbocycles. The van der Waals surface area contributed by atoms with Crippen molar-refractivity contribution < 1.29 is 22.7 Å². The molecule has 1 unspecified atom stereocenters. The van der Waals surface area contributed by atoms with E-state index in [9.17, 15) is 18.0 Å². The number of piperidine rings is 1. The Morgan fingerprint density at radius 2 is 1.89 bits per heavy atom. The van der Waals surface area contributed by atoms with Gasteiger partial charge in [-0.1, -0.05) is 29.3 Å². The standard InChI is InChI=1S/C18H24Cl2N2O5S/c1-3-28(25,26)22-8-6-13(7-9-22)18(24)27-11-17(23)21-12(2)14-4-5-15(19)16(20)10-14/h4-5,10,12-13H,3,6-9,11H2,1-2H3,(H,21,23). The summed E-state index contributed by atoms with van der Waals surface area (Å²) in [7, 11) is -3.24. The number of rotatable bonds is 7. The van der Waals surface area contributed by atoms with Gasteiger partial charge in [-0.3, -0.25) is 9.59 Å². The lowest BCUT2D eigenvalue weighted by Gasteiger charge is -2.29. The fourth-order valence-corrected chi connectivity index (χ4v) is 4.39. The van der Waals surface area contributed by atoms with Gasteiger partial charge in [0.1, 0.15) is 0 Å². The van der Waals surface area contributed by atoms with Crippen LogP contribution in [0.4, 0.5) is 0 Å². The smallest absolute Gasteiger partial charge is 0.309 e. The molecule has 1 heterocycles. The van der Waals surface area contributed by atoms with E-state index < -0.39 is 34.4 Å². The van der Waals surface area contributed by atoms with Crippen molar-refractivity contribution in [3.63, 3.8) is 0 Å². The molecule has 2 rings (SSSR count). The summed E-state index contributed by atoms with van der Waals surface area (Å²) < 4.78 is 30.2. The number of sulfonamides is 1. The minimum atomic E-state index is -3.24. The van der Waals surface area contributed by atoms with Crippen LogP contribution >= 0.6 is 23.2 Å². The molecular weight excluding hydrogens is 427 g/mol. The lowest BCUT2D eigenvalue weighted by Crippen LogP contribution is -2.41. The summed E-state index contributed by atoms with van der Waals surface area (Å²) in [4.78, 5) is 24.2. The van der Waals surface area contributed by atoms with Crippen LogP contribution in [0.25, 0.3) is 0 Å². The van der Waals surface area contributed by atoms with Crippen LogP contribution in [0.5, 0.6) is 0 Å². The van der Waals surface area contributed by atoms with E-state index in [1.54, 1.807) is 32.0 Å². The van der Waals surface area contributed by atoms with Crippen LogP contribution in [0.15, 0.2) is 18.2 Å². The quantitative estimate of drug-likeness (QED) is 0.644.